The molecule has 0 atom stereocenters. The molecule has 1 aromatic rings. The van der Waals surface area contributed by atoms with E-state index < -0.39 is 0 Å². The molecule has 0 aliphatic rings. The Morgan fingerprint density at radius 3 is 2.52 bits per heavy atom. The number of hydrogen-bond acceptors (Lipinski definition) is 2. The van der Waals surface area contributed by atoms with E-state index in [2.05, 4.69) is 19.2 Å². The number of nitrogens with one attached hydrogen (secondary N) is 2. The molecule has 1 amide bonds. The third-order valence-corrected chi connectivity index (χ3v) is 3.58. The van der Waals surface area contributed by atoms with Gasteiger partial charge in [0.1, 0.15) is 5.75 Å². The fourth-order valence-electron chi connectivity index (χ4n) is 1.77. The molecule has 0 bridgehead atoms. The van der Waals surface area contributed by atoms with Gasteiger partial charge in [0.15, 0.2) is 6.61 Å². The lowest BCUT2D eigenvalue weighted by molar-refractivity contribution is -0.895. The van der Waals surface area contributed by atoms with Crippen molar-refractivity contribution in [3.05, 3.63) is 28.2 Å². The molecule has 0 aliphatic heterocycles. The van der Waals surface area contributed by atoms with Crippen LogP contribution in [0.15, 0.2) is 18.2 Å². The summed E-state index contributed by atoms with van der Waals surface area (Å²) in [5.74, 6) is 0.308. The number of carbonyl (C=O) groups excluding carboxylic acids is 1. The lowest BCUT2D eigenvalue weighted by atomic mass is 10.3. The first-order chi connectivity index (χ1) is 9.56. The van der Waals surface area contributed by atoms with Gasteiger partial charge in [-0.25, -0.2) is 0 Å². The summed E-state index contributed by atoms with van der Waals surface area (Å²) >= 11 is 11.7. The van der Waals surface area contributed by atoms with Gasteiger partial charge in [0, 0.05) is 5.02 Å². The first-order valence-electron chi connectivity index (χ1n) is 6.74. The van der Waals surface area contributed by atoms with Crippen molar-refractivity contribution in [1.29, 1.82) is 0 Å². The number of carbonyl (C=O) groups is 1. The lowest BCUT2D eigenvalue weighted by Gasteiger charge is -2.15. The van der Waals surface area contributed by atoms with Gasteiger partial charge in [-0.1, -0.05) is 23.2 Å². The highest BCUT2D eigenvalue weighted by Crippen LogP contribution is 2.27. The molecule has 0 aromatic heterocycles. The zero-order valence-corrected chi connectivity index (χ0v) is 14.5. The fourth-order valence-corrected chi connectivity index (χ4v) is 2.23. The molecule has 0 unspecified atom stereocenters. The van der Waals surface area contributed by atoms with Gasteiger partial charge in [0.05, 0.1) is 31.2 Å². The van der Waals surface area contributed by atoms with Gasteiger partial charge in [-0.3, -0.25) is 4.79 Å². The zero-order chi connectivity index (χ0) is 15.0. The van der Waals surface area contributed by atoms with E-state index in [0.717, 1.165) is 19.6 Å². The molecule has 0 saturated carbocycles. The summed E-state index contributed by atoms with van der Waals surface area (Å²) in [7, 11) is 0. The van der Waals surface area contributed by atoms with Gasteiger partial charge in [-0.05, 0) is 32.0 Å². The molecular weight excluding hydrogens is 335 g/mol. The summed E-state index contributed by atoms with van der Waals surface area (Å²) in [6, 6.07) is 4.91. The van der Waals surface area contributed by atoms with Crippen molar-refractivity contribution >= 4 is 29.1 Å². The standard InChI is InChI=1S/C14H20Cl2N2O2.ClH/c1-3-18(4-2)8-7-17-14(19)10-20-13-6-5-11(15)9-12(13)16;/h5-6,9H,3-4,7-8,10H2,1-2H3,(H,17,19);1H. The summed E-state index contributed by atoms with van der Waals surface area (Å²) in [6.45, 7) is 7.90. The quantitative estimate of drug-likeness (QED) is 0.591. The Morgan fingerprint density at radius 1 is 1.29 bits per heavy atom. The van der Waals surface area contributed by atoms with Gasteiger partial charge < -0.3 is 27.4 Å². The molecule has 0 radical (unpaired) electrons. The second kappa shape index (κ2) is 11.0. The van der Waals surface area contributed by atoms with E-state index in [9.17, 15) is 4.79 Å². The van der Waals surface area contributed by atoms with Crippen LogP contribution < -0.4 is 27.4 Å². The number of likely N-dealkylation sites (N-methyl/N-ethyl adjacent to an activating group) is 1. The first kappa shape index (κ1) is 20.3. The zero-order valence-electron chi connectivity index (χ0n) is 12.2. The number of halogens is 3. The highest BCUT2D eigenvalue weighted by atomic mass is 35.5. The number of rotatable bonds is 8. The van der Waals surface area contributed by atoms with Gasteiger partial charge in [-0.2, -0.15) is 0 Å². The average Bonchev–Trinajstić information content (AvgIpc) is 2.42. The van der Waals surface area contributed by atoms with Crippen molar-refractivity contribution in [2.45, 2.75) is 13.8 Å². The van der Waals surface area contributed by atoms with Crippen LogP contribution in [0.5, 0.6) is 5.75 Å². The summed E-state index contributed by atoms with van der Waals surface area (Å²) < 4.78 is 5.35. The van der Waals surface area contributed by atoms with Crippen molar-refractivity contribution in [3.63, 3.8) is 0 Å². The maximum absolute atomic E-state index is 11.6. The third kappa shape index (κ3) is 7.77. The normalized spacial score (nSPS) is 10.1. The van der Waals surface area contributed by atoms with Crippen LogP contribution in [0, 0.1) is 0 Å². The van der Waals surface area contributed by atoms with Crippen molar-refractivity contribution in [2.75, 3.05) is 32.8 Å². The van der Waals surface area contributed by atoms with Crippen LogP contribution in [-0.2, 0) is 4.79 Å². The maximum Gasteiger partial charge on any atom is 0.258 e. The molecule has 0 aliphatic carbocycles. The molecule has 120 valence electrons. The van der Waals surface area contributed by atoms with Crippen molar-refractivity contribution < 1.29 is 26.8 Å². The Balaban J connectivity index is 0.00000400. The molecule has 1 rings (SSSR count). The average molecular weight is 356 g/mol. The maximum atomic E-state index is 11.6. The largest absolute Gasteiger partial charge is 1.00 e. The summed E-state index contributed by atoms with van der Waals surface area (Å²) in [4.78, 5) is 13.1. The Hall–Kier alpha value is -0.680. The predicted molar refractivity (Wildman–Crippen MR) is 81.9 cm³/mol. The minimum absolute atomic E-state index is 0. The van der Waals surface area contributed by atoms with Crippen LogP contribution in [0.2, 0.25) is 10.0 Å². The van der Waals surface area contributed by atoms with E-state index >= 15 is 0 Å². The highest BCUT2D eigenvalue weighted by molar-refractivity contribution is 6.35. The Morgan fingerprint density at radius 2 is 1.95 bits per heavy atom. The summed E-state index contributed by atoms with van der Waals surface area (Å²) in [6.07, 6.45) is 0. The van der Waals surface area contributed by atoms with Crippen molar-refractivity contribution in [2.24, 2.45) is 0 Å². The van der Waals surface area contributed by atoms with E-state index in [1.165, 1.54) is 4.90 Å². The minimum Gasteiger partial charge on any atom is -1.00 e. The molecule has 0 saturated heterocycles. The Labute approximate surface area is 142 Å². The Kier molecular flexibility index (Phi) is 10.6. The van der Waals surface area contributed by atoms with E-state index in [4.69, 9.17) is 27.9 Å². The van der Waals surface area contributed by atoms with Gasteiger partial charge in [0.25, 0.3) is 5.91 Å². The first-order valence-corrected chi connectivity index (χ1v) is 7.50. The molecule has 2 N–H and O–H groups in total. The summed E-state index contributed by atoms with van der Waals surface area (Å²) in [5, 5.41) is 3.77. The minimum atomic E-state index is -0.150. The second-order valence-corrected chi connectivity index (χ2v) is 5.26. The molecule has 1 aromatic carbocycles. The Bertz CT molecular complexity index is 440. The molecule has 7 heteroatoms. The monoisotopic (exact) mass is 354 g/mol. The molecule has 21 heavy (non-hydrogen) atoms. The van der Waals surface area contributed by atoms with Crippen molar-refractivity contribution in [3.8, 4) is 5.75 Å². The SMILES string of the molecule is CC[NH+](CC)CCNC(=O)COc1ccc(Cl)cc1Cl.[Cl-]. The smallest absolute Gasteiger partial charge is 0.258 e. The fraction of sp³-hybridized carbons (Fsp3) is 0.500. The van der Waals surface area contributed by atoms with Gasteiger partial charge >= 0.3 is 0 Å². The van der Waals surface area contributed by atoms with Crippen molar-refractivity contribution in [1.82, 2.24) is 5.32 Å². The number of quaternary nitrogens is 1. The van der Waals surface area contributed by atoms with E-state index in [0.29, 0.717) is 22.3 Å². The van der Waals surface area contributed by atoms with Crippen LogP contribution in [0.1, 0.15) is 13.8 Å². The topological polar surface area (TPSA) is 42.8 Å². The van der Waals surface area contributed by atoms with E-state index in [1.807, 2.05) is 0 Å². The third-order valence-electron chi connectivity index (χ3n) is 3.05. The lowest BCUT2D eigenvalue weighted by Crippen LogP contribution is -3.12. The molecule has 4 nitrogen and oxygen atoms in total. The van der Waals surface area contributed by atoms with Crippen LogP contribution >= 0.6 is 23.2 Å². The van der Waals surface area contributed by atoms with Gasteiger partial charge in [0.2, 0.25) is 0 Å². The van der Waals surface area contributed by atoms with E-state index in [1.54, 1.807) is 18.2 Å². The number of ether oxygens (including phenoxy) is 1. The second-order valence-electron chi connectivity index (χ2n) is 4.42. The number of hydrogen-bond donors (Lipinski definition) is 2. The molecular formula is C14H21Cl3N2O2. The van der Waals surface area contributed by atoms with Gasteiger partial charge in [-0.15, -0.1) is 0 Å². The van der Waals surface area contributed by atoms with Crippen LogP contribution in [0.3, 0.4) is 0 Å². The molecule has 0 spiro atoms. The number of benzene rings is 1. The predicted octanol–water partition coefficient (Wildman–Crippen LogP) is -1.58. The molecule has 0 heterocycles. The van der Waals surface area contributed by atoms with E-state index in [-0.39, 0.29) is 24.9 Å². The van der Waals surface area contributed by atoms with Crippen LogP contribution in [-0.4, -0.2) is 38.7 Å². The highest BCUT2D eigenvalue weighted by Gasteiger charge is 2.07. The van der Waals surface area contributed by atoms with Crippen LogP contribution in [0.25, 0.3) is 0 Å². The summed E-state index contributed by atoms with van der Waals surface area (Å²) in [5.41, 5.74) is 0. The van der Waals surface area contributed by atoms with Crippen LogP contribution in [0.4, 0.5) is 0 Å². The number of amides is 1. The molecule has 0 fully saturated rings.